The summed E-state index contributed by atoms with van der Waals surface area (Å²) in [4.78, 5) is 20.2. The number of nitrogens with zero attached hydrogens (tertiary/aromatic N) is 2. The van der Waals surface area contributed by atoms with E-state index in [4.69, 9.17) is 0 Å². The highest BCUT2D eigenvalue weighted by molar-refractivity contribution is 7.99. The van der Waals surface area contributed by atoms with Gasteiger partial charge in [0, 0.05) is 29.6 Å². The van der Waals surface area contributed by atoms with E-state index in [-0.39, 0.29) is 11.9 Å². The largest absolute Gasteiger partial charge is 0.327 e. The first-order chi connectivity index (χ1) is 9.81. The van der Waals surface area contributed by atoms with Crippen molar-refractivity contribution in [1.82, 2.24) is 9.88 Å². The lowest BCUT2D eigenvalue weighted by molar-refractivity contribution is 0.0705. The summed E-state index contributed by atoms with van der Waals surface area (Å²) in [5, 5.41) is 5.06. The number of thiazole rings is 1. The molecule has 0 aliphatic carbocycles. The fourth-order valence-electron chi connectivity index (χ4n) is 2.38. The van der Waals surface area contributed by atoms with E-state index in [1.807, 2.05) is 33.6 Å². The number of hydrogen-bond donors (Lipinski definition) is 0. The van der Waals surface area contributed by atoms with Crippen molar-refractivity contribution < 1.29 is 4.79 Å². The predicted molar refractivity (Wildman–Crippen MR) is 86.9 cm³/mol. The van der Waals surface area contributed by atoms with Gasteiger partial charge in [-0.1, -0.05) is 6.92 Å². The van der Waals surface area contributed by atoms with Gasteiger partial charge in [0.15, 0.2) is 0 Å². The Morgan fingerprint density at radius 1 is 1.45 bits per heavy atom. The normalized spacial score (nSPS) is 19.2. The van der Waals surface area contributed by atoms with Crippen LogP contribution >= 0.6 is 34.4 Å². The Morgan fingerprint density at radius 3 is 3.10 bits per heavy atom. The summed E-state index contributed by atoms with van der Waals surface area (Å²) in [6, 6.07) is 2.20. The molecule has 1 unspecified atom stereocenters. The van der Waals surface area contributed by atoms with E-state index in [1.165, 1.54) is 0 Å². The molecule has 0 saturated carbocycles. The van der Waals surface area contributed by atoms with Gasteiger partial charge in [-0.25, -0.2) is 4.98 Å². The molecule has 1 amide bonds. The number of hydrogen-bond acceptors (Lipinski definition) is 5. The Balaban J connectivity index is 1.88. The monoisotopic (exact) mass is 324 g/mol. The highest BCUT2D eigenvalue weighted by Crippen LogP contribution is 2.33. The molecule has 3 rings (SSSR count). The van der Waals surface area contributed by atoms with Crippen molar-refractivity contribution in [2.75, 3.05) is 18.1 Å². The van der Waals surface area contributed by atoms with E-state index in [9.17, 15) is 4.79 Å². The second kappa shape index (κ2) is 6.28. The molecule has 0 radical (unpaired) electrons. The summed E-state index contributed by atoms with van der Waals surface area (Å²) >= 11 is 5.11. The lowest BCUT2D eigenvalue weighted by Crippen LogP contribution is -2.40. The molecule has 3 nitrogen and oxygen atoms in total. The van der Waals surface area contributed by atoms with Crippen molar-refractivity contribution in [2.45, 2.75) is 19.4 Å². The third-order valence-corrected chi connectivity index (χ3v) is 6.29. The van der Waals surface area contributed by atoms with Crippen molar-refractivity contribution in [3.63, 3.8) is 0 Å². The van der Waals surface area contributed by atoms with Crippen LogP contribution in [0.1, 0.15) is 33.2 Å². The second-order valence-corrected chi connectivity index (χ2v) is 7.58. The predicted octanol–water partition coefficient (Wildman–Crippen LogP) is 3.70. The number of carbonyl (C=O) groups excluding carboxylic acids is 1. The van der Waals surface area contributed by atoms with Crippen LogP contribution < -0.4 is 0 Å². The van der Waals surface area contributed by atoms with E-state index in [0.717, 1.165) is 39.9 Å². The number of thiophene rings is 1. The molecule has 20 heavy (non-hydrogen) atoms. The Kier molecular flexibility index (Phi) is 4.43. The van der Waals surface area contributed by atoms with Crippen molar-refractivity contribution >= 4 is 40.3 Å². The maximum Gasteiger partial charge on any atom is 0.264 e. The number of aryl methyl sites for hydroxylation is 1. The van der Waals surface area contributed by atoms with Crippen LogP contribution in [-0.4, -0.2) is 33.8 Å². The number of aromatic nitrogens is 1. The molecule has 0 spiro atoms. The maximum atomic E-state index is 12.9. The first-order valence-electron chi connectivity index (χ1n) is 6.65. The zero-order valence-corrected chi connectivity index (χ0v) is 13.7. The van der Waals surface area contributed by atoms with Gasteiger partial charge >= 0.3 is 0 Å². The van der Waals surface area contributed by atoms with Crippen LogP contribution in [0, 0.1) is 0 Å². The van der Waals surface area contributed by atoms with Gasteiger partial charge in [0.25, 0.3) is 5.91 Å². The van der Waals surface area contributed by atoms with Crippen LogP contribution in [0.3, 0.4) is 0 Å². The maximum absolute atomic E-state index is 12.9. The molecular weight excluding hydrogens is 308 g/mol. The fraction of sp³-hybridized carbons (Fsp3) is 0.429. The molecule has 0 N–H and O–H groups in total. The Labute approximate surface area is 131 Å². The molecule has 1 aliphatic rings. The molecule has 1 aliphatic heterocycles. The van der Waals surface area contributed by atoms with Gasteiger partial charge in [-0.05, 0) is 23.4 Å². The van der Waals surface area contributed by atoms with E-state index in [1.54, 1.807) is 22.7 Å². The molecule has 1 atom stereocenters. The lowest BCUT2D eigenvalue weighted by atomic mass is 10.1. The second-order valence-electron chi connectivity index (χ2n) is 4.59. The van der Waals surface area contributed by atoms with Gasteiger partial charge in [0.05, 0.1) is 10.9 Å². The van der Waals surface area contributed by atoms with E-state index in [0.29, 0.717) is 0 Å². The average Bonchev–Trinajstić information content (AvgIpc) is 3.17. The van der Waals surface area contributed by atoms with E-state index < -0.39 is 0 Å². The van der Waals surface area contributed by atoms with Gasteiger partial charge in [-0.15, -0.1) is 22.7 Å². The summed E-state index contributed by atoms with van der Waals surface area (Å²) in [5.41, 5.74) is 1.16. The van der Waals surface area contributed by atoms with Crippen molar-refractivity contribution in [1.29, 1.82) is 0 Å². The third kappa shape index (κ3) is 2.64. The van der Waals surface area contributed by atoms with Gasteiger partial charge in [0.1, 0.15) is 5.01 Å². The first kappa shape index (κ1) is 14.1. The minimum Gasteiger partial charge on any atom is -0.327 e. The zero-order valence-electron chi connectivity index (χ0n) is 11.2. The molecule has 0 aromatic carbocycles. The van der Waals surface area contributed by atoms with Crippen LogP contribution in [0.4, 0.5) is 0 Å². The summed E-state index contributed by atoms with van der Waals surface area (Å²) in [5.74, 6) is 2.14. The van der Waals surface area contributed by atoms with Crippen LogP contribution in [0.2, 0.25) is 0 Å². The number of carbonyl (C=O) groups is 1. The topological polar surface area (TPSA) is 33.2 Å². The fourth-order valence-corrected chi connectivity index (χ4v) is 5.24. The molecular formula is C14H16N2OS3. The third-order valence-electron chi connectivity index (χ3n) is 3.45. The van der Waals surface area contributed by atoms with Crippen LogP contribution in [0.5, 0.6) is 0 Å². The standard InChI is InChI=1S/C14H16N2OS3/c1-2-10-3-6-19-12(10)14(17)16-5-8-18-9-11(16)13-15-4-7-20-13/h3-4,6-7,11H,2,5,8-9H2,1H3. The molecule has 3 heterocycles. The van der Waals surface area contributed by atoms with Gasteiger partial charge < -0.3 is 4.90 Å². The molecule has 2 aromatic rings. The van der Waals surface area contributed by atoms with E-state index in [2.05, 4.69) is 18.0 Å². The highest BCUT2D eigenvalue weighted by atomic mass is 32.2. The SMILES string of the molecule is CCc1ccsc1C(=O)N1CCSCC1c1nccs1. The molecule has 2 aromatic heterocycles. The smallest absolute Gasteiger partial charge is 0.264 e. The van der Waals surface area contributed by atoms with Gasteiger partial charge in [0.2, 0.25) is 0 Å². The summed E-state index contributed by atoms with van der Waals surface area (Å²) < 4.78 is 0. The average molecular weight is 324 g/mol. The van der Waals surface area contributed by atoms with Crippen molar-refractivity contribution in [2.24, 2.45) is 0 Å². The zero-order chi connectivity index (χ0) is 13.9. The van der Waals surface area contributed by atoms with Gasteiger partial charge in [-0.2, -0.15) is 11.8 Å². The van der Waals surface area contributed by atoms with E-state index >= 15 is 0 Å². The molecule has 1 saturated heterocycles. The quantitative estimate of drug-likeness (QED) is 0.863. The Morgan fingerprint density at radius 2 is 2.35 bits per heavy atom. The number of amides is 1. The van der Waals surface area contributed by atoms with Gasteiger partial charge in [-0.3, -0.25) is 4.79 Å². The van der Waals surface area contributed by atoms with Crippen molar-refractivity contribution in [3.05, 3.63) is 38.5 Å². The molecule has 1 fully saturated rings. The Hall–Kier alpha value is -0.850. The highest BCUT2D eigenvalue weighted by Gasteiger charge is 2.31. The lowest BCUT2D eigenvalue weighted by Gasteiger charge is -2.34. The summed E-state index contributed by atoms with van der Waals surface area (Å²) in [6.07, 6.45) is 2.74. The summed E-state index contributed by atoms with van der Waals surface area (Å²) in [7, 11) is 0. The summed E-state index contributed by atoms with van der Waals surface area (Å²) in [6.45, 7) is 2.91. The minimum absolute atomic E-state index is 0.132. The molecule has 106 valence electrons. The van der Waals surface area contributed by atoms with Crippen molar-refractivity contribution in [3.8, 4) is 0 Å². The Bertz CT molecular complexity index is 579. The number of rotatable bonds is 3. The van der Waals surface area contributed by atoms with Crippen LogP contribution in [0.25, 0.3) is 0 Å². The first-order valence-corrected chi connectivity index (χ1v) is 9.57. The molecule has 6 heteroatoms. The minimum atomic E-state index is 0.132. The molecule has 0 bridgehead atoms. The number of thioether (sulfide) groups is 1. The van der Waals surface area contributed by atoms with Crippen LogP contribution in [-0.2, 0) is 6.42 Å². The van der Waals surface area contributed by atoms with Crippen LogP contribution in [0.15, 0.2) is 23.0 Å².